The zero-order valence-electron chi connectivity index (χ0n) is 11.0. The van der Waals surface area contributed by atoms with Gasteiger partial charge in [0, 0.05) is 11.6 Å². The van der Waals surface area contributed by atoms with Crippen molar-refractivity contribution in [2.75, 3.05) is 5.73 Å². The molecular formula is C14H16N4S. The highest BCUT2D eigenvalue weighted by atomic mass is 32.1. The molecule has 5 heteroatoms. The Morgan fingerprint density at radius 1 is 1.42 bits per heavy atom. The van der Waals surface area contributed by atoms with Crippen LogP contribution in [0, 0.1) is 6.92 Å². The summed E-state index contributed by atoms with van der Waals surface area (Å²) in [6, 6.07) is 6.27. The normalized spacial score (nSPS) is 12.9. The highest BCUT2D eigenvalue weighted by Gasteiger charge is 2.20. The first-order chi connectivity index (χ1) is 9.22. The van der Waals surface area contributed by atoms with Crippen LogP contribution in [-0.2, 0) is 0 Å². The SMILES string of the molecule is CCC(c1nccs1)n1c(N)nc2cccc(C)c21. The van der Waals surface area contributed by atoms with E-state index in [1.54, 1.807) is 11.3 Å². The summed E-state index contributed by atoms with van der Waals surface area (Å²) in [4.78, 5) is 8.91. The first-order valence-corrected chi connectivity index (χ1v) is 7.22. The van der Waals surface area contributed by atoms with E-state index < -0.39 is 0 Å². The van der Waals surface area contributed by atoms with Crippen molar-refractivity contribution in [3.63, 3.8) is 0 Å². The van der Waals surface area contributed by atoms with Gasteiger partial charge in [0.25, 0.3) is 0 Å². The molecule has 0 fully saturated rings. The van der Waals surface area contributed by atoms with E-state index in [0.29, 0.717) is 5.95 Å². The molecule has 0 radical (unpaired) electrons. The summed E-state index contributed by atoms with van der Waals surface area (Å²) in [7, 11) is 0. The fourth-order valence-corrected chi connectivity index (χ4v) is 3.33. The van der Waals surface area contributed by atoms with Gasteiger partial charge < -0.3 is 10.3 Å². The van der Waals surface area contributed by atoms with Crippen molar-refractivity contribution in [3.8, 4) is 0 Å². The number of hydrogen-bond acceptors (Lipinski definition) is 4. The first kappa shape index (κ1) is 12.2. The van der Waals surface area contributed by atoms with Gasteiger partial charge in [0.2, 0.25) is 5.95 Å². The molecule has 1 atom stereocenters. The summed E-state index contributed by atoms with van der Waals surface area (Å²) in [6.45, 7) is 4.24. The predicted molar refractivity (Wildman–Crippen MR) is 79.4 cm³/mol. The van der Waals surface area contributed by atoms with Gasteiger partial charge in [-0.15, -0.1) is 11.3 Å². The Labute approximate surface area is 115 Å². The van der Waals surface area contributed by atoms with Gasteiger partial charge in [0.05, 0.1) is 17.1 Å². The molecule has 0 spiro atoms. The zero-order valence-corrected chi connectivity index (χ0v) is 11.8. The van der Waals surface area contributed by atoms with Crippen molar-refractivity contribution >= 4 is 28.3 Å². The number of nitrogens with two attached hydrogens (primary N) is 1. The average molecular weight is 272 g/mol. The number of thiazole rings is 1. The van der Waals surface area contributed by atoms with E-state index in [0.717, 1.165) is 22.5 Å². The van der Waals surface area contributed by atoms with Crippen molar-refractivity contribution < 1.29 is 0 Å². The number of aryl methyl sites for hydroxylation is 1. The number of anilines is 1. The predicted octanol–water partition coefficient (Wildman–Crippen LogP) is 3.38. The van der Waals surface area contributed by atoms with Crippen molar-refractivity contribution in [2.24, 2.45) is 0 Å². The Morgan fingerprint density at radius 2 is 2.26 bits per heavy atom. The van der Waals surface area contributed by atoms with Crippen molar-refractivity contribution in [3.05, 3.63) is 40.3 Å². The van der Waals surface area contributed by atoms with E-state index in [1.165, 1.54) is 5.56 Å². The highest BCUT2D eigenvalue weighted by molar-refractivity contribution is 7.09. The topological polar surface area (TPSA) is 56.7 Å². The highest BCUT2D eigenvalue weighted by Crippen LogP contribution is 2.32. The Morgan fingerprint density at radius 3 is 2.95 bits per heavy atom. The van der Waals surface area contributed by atoms with Gasteiger partial charge >= 0.3 is 0 Å². The number of benzene rings is 1. The molecule has 0 saturated carbocycles. The molecule has 19 heavy (non-hydrogen) atoms. The van der Waals surface area contributed by atoms with Crippen molar-refractivity contribution in [2.45, 2.75) is 26.3 Å². The van der Waals surface area contributed by atoms with Crippen LogP contribution in [0.1, 0.15) is 30.0 Å². The van der Waals surface area contributed by atoms with Gasteiger partial charge in [-0.3, -0.25) is 0 Å². The number of aromatic nitrogens is 3. The fraction of sp³-hybridized carbons (Fsp3) is 0.286. The lowest BCUT2D eigenvalue weighted by atomic mass is 10.1. The maximum absolute atomic E-state index is 6.13. The molecule has 3 rings (SSSR count). The van der Waals surface area contributed by atoms with Crippen LogP contribution >= 0.6 is 11.3 Å². The van der Waals surface area contributed by atoms with E-state index in [2.05, 4.69) is 34.4 Å². The largest absolute Gasteiger partial charge is 0.369 e. The second-order valence-corrected chi connectivity index (χ2v) is 5.50. The minimum atomic E-state index is 0.158. The van der Waals surface area contributed by atoms with Gasteiger partial charge in [-0.25, -0.2) is 9.97 Å². The number of nitrogens with zero attached hydrogens (tertiary/aromatic N) is 3. The van der Waals surface area contributed by atoms with Gasteiger partial charge in [0.1, 0.15) is 5.01 Å². The molecule has 1 aromatic carbocycles. The summed E-state index contributed by atoms with van der Waals surface area (Å²) in [5.74, 6) is 0.561. The fourth-order valence-electron chi connectivity index (χ4n) is 2.52. The van der Waals surface area contributed by atoms with Crippen LogP contribution in [0.5, 0.6) is 0 Å². The third kappa shape index (κ3) is 1.90. The van der Waals surface area contributed by atoms with Crippen LogP contribution in [0.2, 0.25) is 0 Å². The maximum Gasteiger partial charge on any atom is 0.201 e. The molecule has 2 heterocycles. The Kier molecular flexibility index (Phi) is 2.98. The lowest BCUT2D eigenvalue weighted by Gasteiger charge is -2.17. The van der Waals surface area contributed by atoms with Gasteiger partial charge in [0.15, 0.2) is 0 Å². The second kappa shape index (κ2) is 4.66. The summed E-state index contributed by atoms with van der Waals surface area (Å²) in [6.07, 6.45) is 2.78. The molecule has 98 valence electrons. The van der Waals surface area contributed by atoms with Crippen molar-refractivity contribution in [1.29, 1.82) is 0 Å². The van der Waals surface area contributed by atoms with E-state index in [-0.39, 0.29) is 6.04 Å². The number of rotatable bonds is 3. The van der Waals surface area contributed by atoms with E-state index in [9.17, 15) is 0 Å². The van der Waals surface area contributed by atoms with Crippen LogP contribution in [-0.4, -0.2) is 14.5 Å². The van der Waals surface area contributed by atoms with E-state index in [4.69, 9.17) is 5.73 Å². The molecule has 0 aliphatic heterocycles. The number of para-hydroxylation sites is 1. The van der Waals surface area contributed by atoms with Crippen LogP contribution in [0.4, 0.5) is 5.95 Å². The van der Waals surface area contributed by atoms with Gasteiger partial charge in [-0.05, 0) is 25.0 Å². The molecule has 0 aliphatic rings. The molecule has 3 aromatic rings. The Hall–Kier alpha value is -1.88. The Bertz CT molecular complexity index is 700. The van der Waals surface area contributed by atoms with Gasteiger partial charge in [-0.2, -0.15) is 0 Å². The molecule has 2 aromatic heterocycles. The quantitative estimate of drug-likeness (QED) is 0.795. The van der Waals surface area contributed by atoms with E-state index >= 15 is 0 Å². The van der Waals surface area contributed by atoms with Crippen molar-refractivity contribution in [1.82, 2.24) is 14.5 Å². The molecule has 0 aliphatic carbocycles. The monoisotopic (exact) mass is 272 g/mol. The molecule has 0 bridgehead atoms. The maximum atomic E-state index is 6.13. The Balaban J connectivity index is 2.26. The molecular weight excluding hydrogens is 256 g/mol. The lowest BCUT2D eigenvalue weighted by Crippen LogP contribution is -2.12. The molecule has 4 nitrogen and oxygen atoms in total. The number of hydrogen-bond donors (Lipinski definition) is 1. The molecule has 1 unspecified atom stereocenters. The lowest BCUT2D eigenvalue weighted by molar-refractivity contribution is 0.584. The summed E-state index contributed by atoms with van der Waals surface area (Å²) < 4.78 is 2.11. The zero-order chi connectivity index (χ0) is 13.4. The average Bonchev–Trinajstić information content (AvgIpc) is 3.00. The molecule has 0 amide bonds. The molecule has 0 saturated heterocycles. The van der Waals surface area contributed by atoms with Crippen LogP contribution in [0.3, 0.4) is 0 Å². The first-order valence-electron chi connectivity index (χ1n) is 6.34. The van der Waals surface area contributed by atoms with Crippen LogP contribution in [0.15, 0.2) is 29.8 Å². The number of imidazole rings is 1. The smallest absolute Gasteiger partial charge is 0.201 e. The summed E-state index contributed by atoms with van der Waals surface area (Å²) in [5, 5.41) is 3.08. The van der Waals surface area contributed by atoms with Gasteiger partial charge in [-0.1, -0.05) is 19.1 Å². The minimum absolute atomic E-state index is 0.158. The third-order valence-corrected chi connectivity index (χ3v) is 4.25. The summed E-state index contributed by atoms with van der Waals surface area (Å²) >= 11 is 1.66. The standard InChI is InChI=1S/C14H16N4S/c1-3-11(13-16-7-8-19-13)18-12-9(2)5-4-6-10(12)17-14(18)15/h4-8,11H,3H2,1-2H3,(H2,15,17). The number of nitrogen functional groups attached to an aromatic ring is 1. The summed E-state index contributed by atoms with van der Waals surface area (Å²) in [5.41, 5.74) is 9.39. The second-order valence-electron chi connectivity index (χ2n) is 4.58. The third-order valence-electron chi connectivity index (χ3n) is 3.37. The number of fused-ring (bicyclic) bond motifs is 1. The minimum Gasteiger partial charge on any atom is -0.369 e. The molecule has 2 N–H and O–H groups in total. The van der Waals surface area contributed by atoms with Crippen LogP contribution < -0.4 is 5.73 Å². The van der Waals surface area contributed by atoms with E-state index in [1.807, 2.05) is 23.7 Å². The van der Waals surface area contributed by atoms with Crippen LogP contribution in [0.25, 0.3) is 11.0 Å².